The molecule has 0 bridgehead atoms. The molecular weight excluding hydrogens is 388 g/mol. The van der Waals surface area contributed by atoms with Crippen LogP contribution in [0.2, 0.25) is 0 Å². The minimum absolute atomic E-state index is 0.0394. The van der Waals surface area contributed by atoms with E-state index in [4.69, 9.17) is 19.6 Å². The number of rotatable bonds is 2. The van der Waals surface area contributed by atoms with Crippen LogP contribution in [0.25, 0.3) is 15.3 Å². The molecular formula is C21H16N4O3S. The fourth-order valence-electron chi connectivity index (χ4n) is 4.05. The average molecular weight is 404 g/mol. The first-order valence-electron chi connectivity index (χ1n) is 9.32. The Hall–Kier alpha value is -3.39. The fraction of sp³-hybridized carbons (Fsp3) is 0.190. The van der Waals surface area contributed by atoms with Crippen LogP contribution in [-0.4, -0.2) is 27.5 Å². The maximum Gasteiger partial charge on any atom is 0.231 e. The minimum Gasteiger partial charge on any atom is -0.454 e. The second-order valence-electron chi connectivity index (χ2n) is 7.14. The number of nitrogens with zero attached hydrogens (tertiary/aromatic N) is 3. The van der Waals surface area contributed by atoms with Crippen molar-refractivity contribution >= 4 is 33.3 Å². The number of anilines is 1. The number of aryl methyl sites for hydroxylation is 1. The molecule has 6 rings (SSSR count). The zero-order chi connectivity index (χ0) is 19.5. The van der Waals surface area contributed by atoms with Crippen LogP contribution in [0.5, 0.6) is 11.5 Å². The van der Waals surface area contributed by atoms with E-state index in [9.17, 15) is 4.79 Å². The Morgan fingerprint density at radius 2 is 2.03 bits per heavy atom. The monoisotopic (exact) mass is 404 g/mol. The van der Waals surface area contributed by atoms with Gasteiger partial charge in [0.1, 0.15) is 5.82 Å². The Balaban J connectivity index is 1.50. The van der Waals surface area contributed by atoms with Crippen molar-refractivity contribution in [2.75, 3.05) is 12.1 Å². The molecule has 0 unspecified atom stereocenters. The van der Waals surface area contributed by atoms with Gasteiger partial charge < -0.3 is 14.8 Å². The topological polar surface area (TPSA) is 78.3 Å². The molecule has 29 heavy (non-hydrogen) atoms. The molecule has 2 aliphatic rings. The quantitative estimate of drug-likeness (QED) is 0.547. The highest BCUT2D eigenvalue weighted by atomic mass is 32.1. The lowest BCUT2D eigenvalue weighted by Crippen LogP contribution is -2.24. The third-order valence-corrected chi connectivity index (χ3v) is 6.38. The van der Waals surface area contributed by atoms with Crippen molar-refractivity contribution in [3.63, 3.8) is 0 Å². The Labute approximate surface area is 169 Å². The number of hydrogen-bond acceptors (Lipinski definition) is 6. The van der Waals surface area contributed by atoms with Crippen LogP contribution in [0.1, 0.15) is 29.2 Å². The number of fused-ring (bicyclic) bond motifs is 3. The molecule has 144 valence electrons. The molecule has 4 aromatic rings. The summed E-state index contributed by atoms with van der Waals surface area (Å²) in [5.74, 6) is 2.00. The van der Waals surface area contributed by atoms with Crippen LogP contribution in [0.15, 0.2) is 42.5 Å². The highest BCUT2D eigenvalue weighted by Crippen LogP contribution is 2.43. The van der Waals surface area contributed by atoms with E-state index in [0.717, 1.165) is 37.9 Å². The van der Waals surface area contributed by atoms with Crippen LogP contribution in [0, 0.1) is 6.92 Å². The number of carbonyl (C=O) groups is 1. The van der Waals surface area contributed by atoms with Crippen LogP contribution in [-0.2, 0) is 4.79 Å². The summed E-state index contributed by atoms with van der Waals surface area (Å²) in [6, 6.07) is 13.8. The van der Waals surface area contributed by atoms with E-state index in [2.05, 4.69) is 5.32 Å². The Morgan fingerprint density at radius 1 is 1.17 bits per heavy atom. The summed E-state index contributed by atoms with van der Waals surface area (Å²) in [5, 5.41) is 8.49. The highest BCUT2D eigenvalue weighted by molar-refractivity contribution is 7.20. The molecule has 0 aliphatic carbocycles. The number of para-hydroxylation sites is 1. The van der Waals surface area contributed by atoms with Crippen molar-refractivity contribution < 1.29 is 14.3 Å². The molecule has 0 saturated carbocycles. The van der Waals surface area contributed by atoms with E-state index in [1.807, 2.05) is 49.4 Å². The zero-order valence-corrected chi connectivity index (χ0v) is 16.3. The summed E-state index contributed by atoms with van der Waals surface area (Å²) in [6.45, 7) is 2.20. The van der Waals surface area contributed by atoms with Crippen molar-refractivity contribution in [2.45, 2.75) is 19.3 Å². The number of aromatic nitrogens is 3. The van der Waals surface area contributed by atoms with E-state index < -0.39 is 0 Å². The molecule has 4 heterocycles. The van der Waals surface area contributed by atoms with E-state index >= 15 is 0 Å². The van der Waals surface area contributed by atoms with Gasteiger partial charge in [-0.25, -0.2) is 4.98 Å². The molecule has 1 N–H and O–H groups in total. The molecule has 1 atom stereocenters. The van der Waals surface area contributed by atoms with Gasteiger partial charge in [0, 0.05) is 17.9 Å². The lowest BCUT2D eigenvalue weighted by Gasteiger charge is -2.24. The van der Waals surface area contributed by atoms with Gasteiger partial charge in [-0.2, -0.15) is 9.78 Å². The molecule has 7 nitrogen and oxygen atoms in total. The number of nitrogens with one attached hydrogen (secondary N) is 1. The Bertz CT molecular complexity index is 1260. The number of thiazole rings is 1. The van der Waals surface area contributed by atoms with Gasteiger partial charge in [-0.05, 0) is 36.8 Å². The van der Waals surface area contributed by atoms with E-state index in [-0.39, 0.29) is 18.6 Å². The summed E-state index contributed by atoms with van der Waals surface area (Å²) < 4.78 is 13.8. The van der Waals surface area contributed by atoms with Crippen molar-refractivity contribution in [1.82, 2.24) is 14.8 Å². The molecule has 8 heteroatoms. The molecule has 2 aromatic heterocycles. The molecule has 0 saturated heterocycles. The number of ether oxygens (including phenoxy) is 2. The summed E-state index contributed by atoms with van der Waals surface area (Å²) in [4.78, 5) is 17.3. The molecule has 2 aliphatic heterocycles. The largest absolute Gasteiger partial charge is 0.454 e. The lowest BCUT2D eigenvalue weighted by molar-refractivity contribution is -0.116. The van der Waals surface area contributed by atoms with Gasteiger partial charge in [0.2, 0.25) is 17.8 Å². The van der Waals surface area contributed by atoms with E-state index in [1.165, 1.54) is 0 Å². The highest BCUT2D eigenvalue weighted by Gasteiger charge is 2.34. The summed E-state index contributed by atoms with van der Waals surface area (Å²) in [7, 11) is 0. The van der Waals surface area contributed by atoms with Gasteiger partial charge in [0.25, 0.3) is 0 Å². The third-order valence-electron chi connectivity index (χ3n) is 5.37. The van der Waals surface area contributed by atoms with Gasteiger partial charge >= 0.3 is 0 Å². The smallest absolute Gasteiger partial charge is 0.231 e. The second kappa shape index (κ2) is 6.05. The third kappa shape index (κ3) is 2.52. The first-order valence-corrected chi connectivity index (χ1v) is 10.1. The second-order valence-corrected chi connectivity index (χ2v) is 8.15. The van der Waals surface area contributed by atoms with Crippen molar-refractivity contribution in [3.8, 4) is 16.6 Å². The fourth-order valence-corrected chi connectivity index (χ4v) is 4.97. The zero-order valence-electron chi connectivity index (χ0n) is 15.5. The summed E-state index contributed by atoms with van der Waals surface area (Å²) >= 11 is 1.55. The molecule has 1 amide bonds. The van der Waals surface area contributed by atoms with Crippen molar-refractivity contribution in [3.05, 3.63) is 59.3 Å². The normalized spacial score (nSPS) is 17.4. The maximum absolute atomic E-state index is 12.6. The van der Waals surface area contributed by atoms with Crippen molar-refractivity contribution in [1.29, 1.82) is 0 Å². The standard InChI is InChI=1S/C21H16N4O3S/c1-11-19-13(12-6-7-15-16(8-12)28-10-27-15)9-18(26)23-20(19)25(24-11)21-22-14-4-2-3-5-17(14)29-21/h2-8,13H,9-10H2,1H3,(H,23,26)/t13-/m1/s1. The molecule has 0 radical (unpaired) electrons. The lowest BCUT2D eigenvalue weighted by atomic mass is 9.85. The maximum atomic E-state index is 12.6. The van der Waals surface area contributed by atoms with E-state index in [1.54, 1.807) is 16.0 Å². The van der Waals surface area contributed by atoms with Gasteiger partial charge in [0.15, 0.2) is 11.5 Å². The number of carbonyl (C=O) groups excluding carboxylic acids is 1. The summed E-state index contributed by atoms with van der Waals surface area (Å²) in [5.41, 5.74) is 3.82. The van der Waals surface area contributed by atoms with E-state index in [0.29, 0.717) is 18.0 Å². The first-order chi connectivity index (χ1) is 14.2. The SMILES string of the molecule is Cc1nn(-c2nc3ccccc3s2)c2c1[C@@H](c1ccc3c(c1)OCO3)CC(=O)N2. The molecule has 0 spiro atoms. The predicted molar refractivity (Wildman–Crippen MR) is 109 cm³/mol. The van der Waals surface area contributed by atoms with Crippen LogP contribution in [0.4, 0.5) is 5.82 Å². The molecule has 2 aromatic carbocycles. The number of benzene rings is 2. The minimum atomic E-state index is -0.101. The Kier molecular flexibility index (Phi) is 3.45. The first kappa shape index (κ1) is 16.6. The van der Waals surface area contributed by atoms with Crippen LogP contribution < -0.4 is 14.8 Å². The number of amides is 1. The molecule has 0 fully saturated rings. The Morgan fingerprint density at radius 3 is 2.93 bits per heavy atom. The van der Waals surface area contributed by atoms with Gasteiger partial charge in [0.05, 0.1) is 15.9 Å². The van der Waals surface area contributed by atoms with Crippen LogP contribution in [0.3, 0.4) is 0 Å². The summed E-state index contributed by atoms with van der Waals surface area (Å²) in [6.07, 6.45) is 0.360. The predicted octanol–water partition coefficient (Wildman–Crippen LogP) is 3.99. The van der Waals surface area contributed by atoms with Gasteiger partial charge in [-0.15, -0.1) is 0 Å². The average Bonchev–Trinajstić information content (AvgIpc) is 3.43. The van der Waals surface area contributed by atoms with Crippen molar-refractivity contribution in [2.24, 2.45) is 0 Å². The number of hydrogen-bond donors (Lipinski definition) is 1. The van der Waals surface area contributed by atoms with Crippen LogP contribution >= 0.6 is 11.3 Å². The van der Waals surface area contributed by atoms with Gasteiger partial charge in [-0.1, -0.05) is 29.5 Å². The van der Waals surface area contributed by atoms with Gasteiger partial charge in [-0.3, -0.25) is 4.79 Å².